The van der Waals surface area contributed by atoms with Crippen LogP contribution < -0.4 is 0 Å². The second-order valence-corrected chi connectivity index (χ2v) is 18.0. The van der Waals surface area contributed by atoms with E-state index in [0.717, 1.165) is 11.4 Å². The minimum Gasteiger partial charge on any atom is -0.309 e. The van der Waals surface area contributed by atoms with Crippen LogP contribution in [-0.2, 0) is 0 Å². The molecule has 0 spiro atoms. The smallest absolute Gasteiger partial charge is 0.0562 e. The molecule has 0 aliphatic carbocycles. The van der Waals surface area contributed by atoms with Gasteiger partial charge in [-0.15, -0.1) is 11.3 Å². The molecule has 14 aromatic rings. The lowest BCUT2D eigenvalue weighted by atomic mass is 9.97. The van der Waals surface area contributed by atoms with Crippen molar-refractivity contribution >= 4 is 96.9 Å². The number of thiophene rings is 1. The van der Waals surface area contributed by atoms with Crippen LogP contribution in [0.5, 0.6) is 0 Å². The number of hydrogen-bond acceptors (Lipinski definition) is 1. The predicted octanol–water partition coefficient (Wildman–Crippen LogP) is 16.7. The normalized spacial score (nSPS) is 12.1. The van der Waals surface area contributed by atoms with Crippen LogP contribution in [0.4, 0.5) is 0 Å². The molecule has 0 saturated carbocycles. The molecule has 0 N–H and O–H groups in total. The minimum atomic E-state index is 1.13. The summed E-state index contributed by atoms with van der Waals surface area (Å²) in [5, 5.41) is 10.0. The van der Waals surface area contributed by atoms with Crippen LogP contribution in [0.1, 0.15) is 0 Å². The van der Waals surface area contributed by atoms with Crippen molar-refractivity contribution < 1.29 is 0 Å². The maximum absolute atomic E-state index is 2.54. The van der Waals surface area contributed by atoms with Crippen molar-refractivity contribution in [2.45, 2.75) is 0 Å². The van der Waals surface area contributed by atoms with E-state index >= 15 is 0 Å². The lowest BCUT2D eigenvalue weighted by Gasteiger charge is -2.15. The Kier molecular flexibility index (Phi) is 7.56. The van der Waals surface area contributed by atoms with Gasteiger partial charge >= 0.3 is 0 Å². The largest absolute Gasteiger partial charge is 0.309 e. The number of benzene rings is 10. The van der Waals surface area contributed by atoms with Gasteiger partial charge in [-0.3, -0.25) is 0 Å². The van der Waals surface area contributed by atoms with Crippen molar-refractivity contribution in [1.29, 1.82) is 0 Å². The van der Waals surface area contributed by atoms with E-state index in [-0.39, 0.29) is 0 Å². The Morgan fingerprint density at radius 2 is 0.734 bits per heavy atom. The molecule has 0 aliphatic heterocycles. The highest BCUT2D eigenvalue weighted by Crippen LogP contribution is 2.45. The van der Waals surface area contributed by atoms with E-state index in [1.165, 1.54) is 114 Å². The molecule has 0 bridgehead atoms. The van der Waals surface area contributed by atoms with Crippen LogP contribution in [0.15, 0.2) is 224 Å². The summed E-state index contributed by atoms with van der Waals surface area (Å²) < 4.78 is 9.99. The van der Waals surface area contributed by atoms with Crippen LogP contribution >= 0.6 is 11.3 Å². The van der Waals surface area contributed by atoms with Gasteiger partial charge in [0.05, 0.1) is 38.8 Å². The molecule has 0 fully saturated rings. The molecule has 3 nitrogen and oxygen atoms in total. The molecule has 64 heavy (non-hydrogen) atoms. The Hall–Kier alpha value is -8.18. The van der Waals surface area contributed by atoms with Gasteiger partial charge in [0, 0.05) is 63.9 Å². The molecule has 0 aliphatic rings. The minimum absolute atomic E-state index is 1.13. The lowest BCUT2D eigenvalue weighted by Crippen LogP contribution is -1.98. The molecule has 298 valence electrons. The van der Waals surface area contributed by atoms with Gasteiger partial charge in [0.25, 0.3) is 0 Å². The van der Waals surface area contributed by atoms with Gasteiger partial charge < -0.3 is 13.7 Å². The third kappa shape index (κ3) is 5.15. The number of rotatable bonds is 5. The van der Waals surface area contributed by atoms with Gasteiger partial charge in [-0.2, -0.15) is 0 Å². The van der Waals surface area contributed by atoms with Crippen molar-refractivity contribution in [3.63, 3.8) is 0 Å². The maximum atomic E-state index is 2.54. The van der Waals surface area contributed by atoms with E-state index < -0.39 is 0 Å². The van der Waals surface area contributed by atoms with Gasteiger partial charge in [0.2, 0.25) is 0 Å². The number of aromatic nitrogens is 3. The molecule has 0 atom stereocenters. The van der Waals surface area contributed by atoms with Crippen molar-refractivity contribution in [1.82, 2.24) is 13.7 Å². The highest BCUT2D eigenvalue weighted by Gasteiger charge is 2.21. The van der Waals surface area contributed by atoms with Gasteiger partial charge in [-0.1, -0.05) is 146 Å². The second-order valence-electron chi connectivity index (χ2n) is 16.9. The van der Waals surface area contributed by atoms with Crippen LogP contribution in [-0.4, -0.2) is 13.7 Å². The highest BCUT2D eigenvalue weighted by atomic mass is 32.1. The summed E-state index contributed by atoms with van der Waals surface area (Å²) in [5.41, 5.74) is 15.5. The number of hydrogen-bond donors (Lipinski definition) is 0. The summed E-state index contributed by atoms with van der Waals surface area (Å²) in [6.07, 6.45) is 0. The molecule has 4 heteroatoms. The molecule has 4 heterocycles. The summed E-state index contributed by atoms with van der Waals surface area (Å²) >= 11 is 1.88. The SMILES string of the molecule is c1ccc(-c2cccc(-c3cc(-n4c5ccccc5c5ccc(-n6c7ccccc7c7cc(-n8c9ccccc9c9ccccc98)ccc76)cc54)c4c(c3)sc3ccccc34)c2)cc1. The van der Waals surface area contributed by atoms with E-state index in [4.69, 9.17) is 0 Å². The van der Waals surface area contributed by atoms with E-state index in [0.29, 0.717) is 0 Å². The Labute approximate surface area is 372 Å². The molecule has 10 aromatic carbocycles. The zero-order chi connectivity index (χ0) is 41.9. The predicted molar refractivity (Wildman–Crippen MR) is 273 cm³/mol. The van der Waals surface area contributed by atoms with Gasteiger partial charge in [0.1, 0.15) is 0 Å². The summed E-state index contributed by atoms with van der Waals surface area (Å²) in [6.45, 7) is 0. The maximum Gasteiger partial charge on any atom is 0.0562 e. The Bertz CT molecular complexity index is 4140. The van der Waals surface area contributed by atoms with Crippen LogP contribution in [0.2, 0.25) is 0 Å². The Balaban J connectivity index is 1.02. The number of fused-ring (bicyclic) bond motifs is 12. The zero-order valence-electron chi connectivity index (χ0n) is 34.6. The number of para-hydroxylation sites is 4. The van der Waals surface area contributed by atoms with Gasteiger partial charge in [0.15, 0.2) is 0 Å². The van der Waals surface area contributed by atoms with E-state index in [1.807, 2.05) is 11.3 Å². The van der Waals surface area contributed by atoms with Crippen LogP contribution in [0.25, 0.3) is 125 Å². The number of nitrogens with zero attached hydrogens (tertiary/aromatic N) is 3. The Morgan fingerprint density at radius 3 is 1.41 bits per heavy atom. The molecule has 0 saturated heterocycles. The molecular weight excluding hydrogens is 795 g/mol. The first kappa shape index (κ1) is 35.4. The molecule has 0 unspecified atom stereocenters. The topological polar surface area (TPSA) is 14.8 Å². The standard InChI is InChI=1S/C60H37N3S/c1-2-15-38(16-3-1)39-17-14-18-40(33-39)41-34-57(60-49-23-8-13-28-58(49)64-59(60)35-41)63-54-27-12-6-21-46(54)48-31-29-43(37-56(48)63)62-53-26-11-7-22-47(53)50-36-42(30-32-55(50)62)61-51-24-9-4-19-44(51)45-20-5-10-25-52(45)61/h1-37H. The molecule has 4 aromatic heterocycles. The third-order valence-corrected chi connectivity index (χ3v) is 14.5. The van der Waals surface area contributed by atoms with Crippen LogP contribution in [0, 0.1) is 0 Å². The van der Waals surface area contributed by atoms with E-state index in [2.05, 4.69) is 238 Å². The molecule has 14 rings (SSSR count). The highest BCUT2D eigenvalue weighted by molar-refractivity contribution is 7.26. The van der Waals surface area contributed by atoms with Crippen LogP contribution in [0.3, 0.4) is 0 Å². The summed E-state index contributed by atoms with van der Waals surface area (Å²) in [7, 11) is 0. The quantitative estimate of drug-likeness (QED) is 0.164. The van der Waals surface area contributed by atoms with Gasteiger partial charge in [-0.25, -0.2) is 0 Å². The molecular formula is C60H37N3S. The molecule has 0 radical (unpaired) electrons. The average molecular weight is 832 g/mol. The summed E-state index contributed by atoms with van der Waals surface area (Å²) in [6, 6.07) is 82.8. The summed E-state index contributed by atoms with van der Waals surface area (Å²) in [5.74, 6) is 0. The van der Waals surface area contributed by atoms with Crippen molar-refractivity contribution in [3.05, 3.63) is 224 Å². The van der Waals surface area contributed by atoms with Gasteiger partial charge in [-0.05, 0) is 101 Å². The first-order valence-corrected chi connectivity index (χ1v) is 22.7. The first-order valence-electron chi connectivity index (χ1n) is 21.9. The van der Waals surface area contributed by atoms with Crippen molar-refractivity contribution in [2.75, 3.05) is 0 Å². The monoisotopic (exact) mass is 831 g/mol. The van der Waals surface area contributed by atoms with E-state index in [9.17, 15) is 0 Å². The third-order valence-electron chi connectivity index (χ3n) is 13.4. The fraction of sp³-hybridized carbons (Fsp3) is 0. The van der Waals surface area contributed by atoms with Crippen molar-refractivity contribution in [2.24, 2.45) is 0 Å². The second kappa shape index (κ2) is 13.7. The van der Waals surface area contributed by atoms with Crippen molar-refractivity contribution in [3.8, 4) is 39.3 Å². The lowest BCUT2D eigenvalue weighted by molar-refractivity contribution is 1.16. The molecule has 0 amide bonds. The fourth-order valence-electron chi connectivity index (χ4n) is 10.6. The zero-order valence-corrected chi connectivity index (χ0v) is 35.4. The average Bonchev–Trinajstić information content (AvgIpc) is 4.10. The van der Waals surface area contributed by atoms with E-state index in [1.54, 1.807) is 0 Å². The first-order chi connectivity index (χ1) is 31.7. The summed E-state index contributed by atoms with van der Waals surface area (Å²) in [4.78, 5) is 0. The fourth-order valence-corrected chi connectivity index (χ4v) is 11.8. The Morgan fingerprint density at radius 1 is 0.250 bits per heavy atom.